The van der Waals surface area contributed by atoms with Crippen LogP contribution in [0.1, 0.15) is 54.1 Å². The summed E-state index contributed by atoms with van der Waals surface area (Å²) in [4.78, 5) is 24.0. The molecule has 0 aliphatic carbocycles. The van der Waals surface area contributed by atoms with Crippen LogP contribution in [0.3, 0.4) is 0 Å². The number of benzene rings is 1. The normalized spacial score (nSPS) is 15.2. The summed E-state index contributed by atoms with van der Waals surface area (Å²) in [5, 5.41) is 3.06. The van der Waals surface area contributed by atoms with E-state index in [1.54, 1.807) is 0 Å². The molecule has 1 aromatic heterocycles. The zero-order chi connectivity index (χ0) is 18.7. The summed E-state index contributed by atoms with van der Waals surface area (Å²) in [6.45, 7) is 10.2. The van der Waals surface area contributed by atoms with Gasteiger partial charge in [-0.15, -0.1) is 0 Å². The summed E-state index contributed by atoms with van der Waals surface area (Å²) in [5.41, 5.74) is 3.52. The Morgan fingerprint density at radius 2 is 1.96 bits per heavy atom. The number of aryl methyl sites for hydroxylation is 3. The van der Waals surface area contributed by atoms with Crippen LogP contribution in [0, 0.1) is 19.8 Å². The Hall–Kier alpha value is -2.43. The Labute approximate surface area is 155 Å². The zero-order valence-corrected chi connectivity index (χ0v) is 16.2. The molecule has 1 saturated heterocycles. The number of hydrogen-bond donors (Lipinski definition) is 1. The van der Waals surface area contributed by atoms with Crippen molar-refractivity contribution in [1.29, 1.82) is 0 Å². The monoisotopic (exact) mass is 352 g/mol. The van der Waals surface area contributed by atoms with E-state index >= 15 is 0 Å². The molecule has 26 heavy (non-hydrogen) atoms. The number of aromatic nitrogens is 2. The maximum atomic E-state index is 12.9. The minimum absolute atomic E-state index is 0.175. The van der Waals surface area contributed by atoms with Gasteiger partial charge in [-0.25, -0.2) is 9.97 Å². The molecular weight excluding hydrogens is 324 g/mol. The van der Waals surface area contributed by atoms with Gasteiger partial charge in [-0.1, -0.05) is 32.0 Å². The Balaban J connectivity index is 1.84. The van der Waals surface area contributed by atoms with Crippen molar-refractivity contribution in [3.63, 3.8) is 0 Å². The van der Waals surface area contributed by atoms with Gasteiger partial charge in [0.05, 0.1) is 0 Å². The van der Waals surface area contributed by atoms with Crippen molar-refractivity contribution in [2.45, 2.75) is 47.0 Å². The van der Waals surface area contributed by atoms with Crippen LogP contribution in [0.15, 0.2) is 24.3 Å². The third kappa shape index (κ3) is 4.03. The predicted octanol–water partition coefficient (Wildman–Crippen LogP) is 4.14. The maximum absolute atomic E-state index is 12.9. The first-order valence-corrected chi connectivity index (χ1v) is 9.48. The molecule has 1 aromatic carbocycles. The van der Waals surface area contributed by atoms with Crippen molar-refractivity contribution in [2.75, 3.05) is 23.3 Å². The van der Waals surface area contributed by atoms with Crippen LogP contribution in [0.2, 0.25) is 0 Å². The molecular formula is C21H28N4O. The first-order valence-electron chi connectivity index (χ1n) is 9.48. The van der Waals surface area contributed by atoms with E-state index in [1.807, 2.05) is 38.1 Å². The highest BCUT2D eigenvalue weighted by atomic mass is 16.1. The fraction of sp³-hybridized carbons (Fsp3) is 0.476. The van der Waals surface area contributed by atoms with E-state index < -0.39 is 0 Å². The average Bonchev–Trinajstić information content (AvgIpc) is 2.63. The summed E-state index contributed by atoms with van der Waals surface area (Å²) in [6.07, 6.45) is 3.19. The molecule has 3 rings (SSSR count). The van der Waals surface area contributed by atoms with Crippen molar-refractivity contribution in [3.8, 4) is 0 Å². The number of anilines is 2. The van der Waals surface area contributed by atoms with Crippen molar-refractivity contribution < 1.29 is 4.79 Å². The van der Waals surface area contributed by atoms with Crippen LogP contribution < -0.4 is 10.2 Å². The lowest BCUT2D eigenvalue weighted by molar-refractivity contribution is 0.102. The van der Waals surface area contributed by atoms with E-state index in [9.17, 15) is 4.79 Å². The van der Waals surface area contributed by atoms with E-state index in [0.29, 0.717) is 11.5 Å². The number of carbonyl (C=O) groups excluding carboxylic acids is 1. The van der Waals surface area contributed by atoms with E-state index in [-0.39, 0.29) is 5.91 Å². The molecule has 0 saturated carbocycles. The quantitative estimate of drug-likeness (QED) is 0.898. The highest BCUT2D eigenvalue weighted by Gasteiger charge is 2.20. The summed E-state index contributed by atoms with van der Waals surface area (Å²) >= 11 is 0. The van der Waals surface area contributed by atoms with Crippen LogP contribution in [0.5, 0.6) is 0 Å². The van der Waals surface area contributed by atoms with Gasteiger partial charge in [-0.05, 0) is 50.2 Å². The molecule has 1 fully saturated rings. The SMILES string of the molecule is CCc1cccc(C)c1NC(=O)c1cc(N2CCC(C)CC2)nc(C)n1. The van der Waals surface area contributed by atoms with Gasteiger partial charge in [0.1, 0.15) is 17.3 Å². The second-order valence-electron chi connectivity index (χ2n) is 7.24. The first-order chi connectivity index (χ1) is 12.5. The second-order valence-corrected chi connectivity index (χ2v) is 7.24. The van der Waals surface area contributed by atoms with Crippen molar-refractivity contribution >= 4 is 17.4 Å². The number of nitrogens with one attached hydrogen (secondary N) is 1. The topological polar surface area (TPSA) is 58.1 Å². The molecule has 5 heteroatoms. The first kappa shape index (κ1) is 18.4. The van der Waals surface area contributed by atoms with Gasteiger partial charge in [0.2, 0.25) is 0 Å². The number of carbonyl (C=O) groups is 1. The van der Waals surface area contributed by atoms with Crippen LogP contribution in [0.4, 0.5) is 11.5 Å². The van der Waals surface area contributed by atoms with Crippen LogP contribution in [0.25, 0.3) is 0 Å². The number of amides is 1. The van der Waals surface area contributed by atoms with Crippen molar-refractivity contribution in [2.24, 2.45) is 5.92 Å². The Morgan fingerprint density at radius 3 is 2.65 bits per heavy atom. The molecule has 0 spiro atoms. The van der Waals surface area contributed by atoms with Gasteiger partial charge in [0, 0.05) is 24.8 Å². The molecule has 0 atom stereocenters. The van der Waals surface area contributed by atoms with Crippen molar-refractivity contribution in [1.82, 2.24) is 9.97 Å². The van der Waals surface area contributed by atoms with Crippen LogP contribution in [-0.4, -0.2) is 29.0 Å². The molecule has 0 unspecified atom stereocenters. The molecule has 2 aromatic rings. The lowest BCUT2D eigenvalue weighted by Gasteiger charge is -2.31. The average molecular weight is 352 g/mol. The molecule has 5 nitrogen and oxygen atoms in total. The van der Waals surface area contributed by atoms with Gasteiger partial charge < -0.3 is 10.2 Å². The standard InChI is InChI=1S/C21H28N4O/c1-5-17-8-6-7-15(3)20(17)24-21(26)18-13-19(23-16(4)22-18)25-11-9-14(2)10-12-25/h6-8,13-14H,5,9-12H2,1-4H3,(H,24,26). The van der Waals surface area contributed by atoms with Gasteiger partial charge >= 0.3 is 0 Å². The molecule has 2 heterocycles. The predicted molar refractivity (Wildman–Crippen MR) is 106 cm³/mol. The molecule has 0 radical (unpaired) electrons. The Kier molecular flexibility index (Phi) is 5.55. The second kappa shape index (κ2) is 7.85. The van der Waals surface area contributed by atoms with Crippen LogP contribution in [-0.2, 0) is 6.42 Å². The lowest BCUT2D eigenvalue weighted by atomic mass is 9.99. The molecule has 1 amide bonds. The molecule has 138 valence electrons. The number of rotatable bonds is 4. The number of para-hydroxylation sites is 1. The van der Waals surface area contributed by atoms with Gasteiger partial charge in [0.15, 0.2) is 0 Å². The van der Waals surface area contributed by atoms with Crippen LogP contribution >= 0.6 is 0 Å². The van der Waals surface area contributed by atoms with Gasteiger partial charge in [-0.2, -0.15) is 0 Å². The summed E-state index contributed by atoms with van der Waals surface area (Å²) in [7, 11) is 0. The Bertz CT molecular complexity index is 795. The van der Waals surface area contributed by atoms with Crippen molar-refractivity contribution in [3.05, 3.63) is 46.9 Å². The molecule has 1 aliphatic heterocycles. The van der Waals surface area contributed by atoms with E-state index in [0.717, 1.165) is 60.9 Å². The fourth-order valence-corrected chi connectivity index (χ4v) is 3.45. The van der Waals surface area contributed by atoms with Gasteiger partial charge in [-0.3, -0.25) is 4.79 Å². The lowest BCUT2D eigenvalue weighted by Crippen LogP contribution is -2.34. The summed E-state index contributed by atoms with van der Waals surface area (Å²) in [6, 6.07) is 7.91. The van der Waals surface area contributed by atoms with Gasteiger partial charge in [0.25, 0.3) is 5.91 Å². The number of nitrogens with zero attached hydrogens (tertiary/aromatic N) is 3. The third-order valence-electron chi connectivity index (χ3n) is 5.14. The maximum Gasteiger partial charge on any atom is 0.274 e. The van der Waals surface area contributed by atoms with E-state index in [2.05, 4.69) is 34.0 Å². The van der Waals surface area contributed by atoms with E-state index in [1.165, 1.54) is 0 Å². The largest absolute Gasteiger partial charge is 0.356 e. The highest BCUT2D eigenvalue weighted by Crippen LogP contribution is 2.24. The number of piperidine rings is 1. The Morgan fingerprint density at radius 1 is 1.23 bits per heavy atom. The third-order valence-corrected chi connectivity index (χ3v) is 5.14. The zero-order valence-electron chi connectivity index (χ0n) is 16.2. The molecule has 1 N–H and O–H groups in total. The fourth-order valence-electron chi connectivity index (χ4n) is 3.45. The molecule has 0 bridgehead atoms. The van der Waals surface area contributed by atoms with E-state index in [4.69, 9.17) is 0 Å². The smallest absolute Gasteiger partial charge is 0.274 e. The minimum Gasteiger partial charge on any atom is -0.356 e. The molecule has 1 aliphatic rings. The summed E-state index contributed by atoms with van der Waals surface area (Å²) in [5.74, 6) is 2.07. The minimum atomic E-state index is -0.175. The summed E-state index contributed by atoms with van der Waals surface area (Å²) < 4.78 is 0. The highest BCUT2D eigenvalue weighted by molar-refractivity contribution is 6.04. The number of hydrogen-bond acceptors (Lipinski definition) is 4.